The Labute approximate surface area is 95.9 Å². The molecule has 0 aliphatic carbocycles. The molecule has 4 heteroatoms. The van der Waals surface area contributed by atoms with E-state index in [9.17, 15) is 9.59 Å². The molecule has 16 heavy (non-hydrogen) atoms. The van der Waals surface area contributed by atoms with E-state index < -0.39 is 0 Å². The van der Waals surface area contributed by atoms with E-state index in [-0.39, 0.29) is 11.9 Å². The van der Waals surface area contributed by atoms with Gasteiger partial charge in [0.2, 0.25) is 0 Å². The molecule has 4 nitrogen and oxygen atoms in total. The van der Waals surface area contributed by atoms with Crippen molar-refractivity contribution in [1.82, 2.24) is 0 Å². The number of methoxy groups -OCH3 is 1. The standard InChI is InChI=1S/C12H18O4/c1-9(2)11(13)16-8-6-5-7-10(3)12(14)15-4/h7H,1,5-6,8H2,2-4H3. The van der Waals surface area contributed by atoms with Crippen molar-refractivity contribution in [2.24, 2.45) is 0 Å². The summed E-state index contributed by atoms with van der Waals surface area (Å²) >= 11 is 0. The highest BCUT2D eigenvalue weighted by atomic mass is 16.5. The Balaban J connectivity index is 3.72. The molecule has 0 heterocycles. The lowest BCUT2D eigenvalue weighted by Crippen LogP contribution is -2.06. The van der Waals surface area contributed by atoms with Crippen molar-refractivity contribution in [3.8, 4) is 0 Å². The van der Waals surface area contributed by atoms with Crippen molar-refractivity contribution in [3.63, 3.8) is 0 Å². The maximum Gasteiger partial charge on any atom is 0.333 e. The highest BCUT2D eigenvalue weighted by molar-refractivity contribution is 5.87. The van der Waals surface area contributed by atoms with Gasteiger partial charge in [0, 0.05) is 11.1 Å². The van der Waals surface area contributed by atoms with Crippen LogP contribution in [0.1, 0.15) is 26.7 Å². The van der Waals surface area contributed by atoms with Gasteiger partial charge in [-0.2, -0.15) is 0 Å². The molecule has 0 aliphatic heterocycles. The molecule has 0 saturated heterocycles. The van der Waals surface area contributed by atoms with E-state index >= 15 is 0 Å². The van der Waals surface area contributed by atoms with E-state index in [1.165, 1.54) is 7.11 Å². The zero-order chi connectivity index (χ0) is 12.6. The molecule has 0 amide bonds. The lowest BCUT2D eigenvalue weighted by Gasteiger charge is -2.02. The largest absolute Gasteiger partial charge is 0.466 e. The van der Waals surface area contributed by atoms with Crippen LogP contribution in [0, 0.1) is 0 Å². The minimum Gasteiger partial charge on any atom is -0.466 e. The molecule has 0 rings (SSSR count). The summed E-state index contributed by atoms with van der Waals surface area (Å²) in [6.07, 6.45) is 3.11. The average molecular weight is 226 g/mol. The highest BCUT2D eigenvalue weighted by Gasteiger charge is 2.03. The van der Waals surface area contributed by atoms with Crippen LogP contribution >= 0.6 is 0 Å². The molecule has 0 aromatic heterocycles. The summed E-state index contributed by atoms with van der Waals surface area (Å²) in [6.45, 7) is 7.09. The van der Waals surface area contributed by atoms with E-state index in [0.29, 0.717) is 30.6 Å². The topological polar surface area (TPSA) is 52.6 Å². The van der Waals surface area contributed by atoms with Gasteiger partial charge in [-0.3, -0.25) is 0 Å². The third-order valence-corrected chi connectivity index (χ3v) is 1.89. The van der Waals surface area contributed by atoms with Crippen molar-refractivity contribution in [3.05, 3.63) is 23.8 Å². The molecule has 0 saturated carbocycles. The molecule has 0 aromatic rings. The summed E-state index contributed by atoms with van der Waals surface area (Å²) in [4.78, 5) is 22.0. The Bertz CT molecular complexity index is 302. The van der Waals surface area contributed by atoms with Crippen LogP contribution in [0.3, 0.4) is 0 Å². The molecule has 0 atom stereocenters. The van der Waals surface area contributed by atoms with Crippen LogP contribution in [-0.4, -0.2) is 25.7 Å². The van der Waals surface area contributed by atoms with E-state index in [4.69, 9.17) is 4.74 Å². The molecule has 0 spiro atoms. The number of carbonyl (C=O) groups excluding carboxylic acids is 2. The number of carbonyl (C=O) groups is 2. The van der Waals surface area contributed by atoms with E-state index in [0.717, 1.165) is 0 Å². The Morgan fingerprint density at radius 1 is 1.25 bits per heavy atom. The van der Waals surface area contributed by atoms with Gasteiger partial charge in [-0.05, 0) is 26.7 Å². The van der Waals surface area contributed by atoms with Crippen molar-refractivity contribution < 1.29 is 19.1 Å². The molecule has 0 fully saturated rings. The predicted molar refractivity (Wildman–Crippen MR) is 60.8 cm³/mol. The van der Waals surface area contributed by atoms with E-state index in [1.807, 2.05) is 0 Å². The smallest absolute Gasteiger partial charge is 0.333 e. The maximum absolute atomic E-state index is 11.0. The van der Waals surface area contributed by atoms with Gasteiger partial charge in [0.15, 0.2) is 0 Å². The maximum atomic E-state index is 11.0. The molecule has 0 N–H and O–H groups in total. The number of ether oxygens (including phenoxy) is 2. The lowest BCUT2D eigenvalue weighted by molar-refractivity contribution is -0.139. The summed E-state index contributed by atoms with van der Waals surface area (Å²) in [5.41, 5.74) is 0.954. The van der Waals surface area contributed by atoms with Crippen LogP contribution < -0.4 is 0 Å². The number of unbranched alkanes of at least 4 members (excludes halogenated alkanes) is 1. The normalized spacial score (nSPS) is 10.8. The van der Waals surface area contributed by atoms with Crippen LogP contribution in [0.25, 0.3) is 0 Å². The molecule has 0 aromatic carbocycles. The number of allylic oxidation sites excluding steroid dienone is 1. The molecule has 0 radical (unpaired) electrons. The van der Waals surface area contributed by atoms with Crippen LogP contribution in [0.2, 0.25) is 0 Å². The van der Waals surface area contributed by atoms with Gasteiger partial charge in [0.1, 0.15) is 0 Å². The summed E-state index contributed by atoms with van der Waals surface area (Å²) in [5.74, 6) is -0.715. The molecular weight excluding hydrogens is 208 g/mol. The second kappa shape index (κ2) is 7.68. The zero-order valence-electron chi connectivity index (χ0n) is 10.0. The average Bonchev–Trinajstić information content (AvgIpc) is 2.26. The van der Waals surface area contributed by atoms with E-state index in [2.05, 4.69) is 11.3 Å². The molecular formula is C12H18O4. The monoisotopic (exact) mass is 226 g/mol. The third-order valence-electron chi connectivity index (χ3n) is 1.89. The first-order valence-corrected chi connectivity index (χ1v) is 5.06. The third kappa shape index (κ3) is 6.01. The molecule has 0 aliphatic rings. The Hall–Kier alpha value is -1.58. The minimum atomic E-state index is -0.381. The minimum absolute atomic E-state index is 0.330. The first-order chi connectivity index (χ1) is 7.49. The number of hydrogen-bond donors (Lipinski definition) is 0. The molecule has 90 valence electrons. The summed E-state index contributed by atoms with van der Waals surface area (Å²) < 4.78 is 9.42. The van der Waals surface area contributed by atoms with Crippen molar-refractivity contribution in [1.29, 1.82) is 0 Å². The van der Waals surface area contributed by atoms with Gasteiger partial charge in [-0.25, -0.2) is 9.59 Å². The van der Waals surface area contributed by atoms with E-state index in [1.54, 1.807) is 19.9 Å². The fraction of sp³-hybridized carbons (Fsp3) is 0.500. The number of rotatable bonds is 6. The van der Waals surface area contributed by atoms with Gasteiger partial charge < -0.3 is 9.47 Å². The second-order valence-electron chi connectivity index (χ2n) is 3.44. The zero-order valence-corrected chi connectivity index (χ0v) is 10.0. The van der Waals surface area contributed by atoms with Crippen molar-refractivity contribution in [2.75, 3.05) is 13.7 Å². The summed E-state index contributed by atoms with van der Waals surface area (Å²) in [5, 5.41) is 0. The van der Waals surface area contributed by atoms with Gasteiger partial charge in [-0.1, -0.05) is 12.7 Å². The first kappa shape index (κ1) is 14.4. The predicted octanol–water partition coefficient (Wildman–Crippen LogP) is 2.01. The van der Waals surface area contributed by atoms with Crippen LogP contribution in [0.5, 0.6) is 0 Å². The summed E-state index contributed by atoms with van der Waals surface area (Å²) in [6, 6.07) is 0. The van der Waals surface area contributed by atoms with Crippen molar-refractivity contribution in [2.45, 2.75) is 26.7 Å². The Kier molecular flexibility index (Phi) is 6.92. The van der Waals surface area contributed by atoms with Crippen LogP contribution in [0.4, 0.5) is 0 Å². The Morgan fingerprint density at radius 3 is 2.38 bits per heavy atom. The van der Waals surface area contributed by atoms with Gasteiger partial charge in [0.05, 0.1) is 13.7 Å². The van der Waals surface area contributed by atoms with Gasteiger partial charge in [-0.15, -0.1) is 0 Å². The lowest BCUT2D eigenvalue weighted by atomic mass is 10.2. The molecule has 0 bridgehead atoms. The SMILES string of the molecule is C=C(C)C(=O)OCCCC=C(C)C(=O)OC. The van der Waals surface area contributed by atoms with Crippen LogP contribution in [0.15, 0.2) is 23.8 Å². The number of esters is 2. The second-order valence-corrected chi connectivity index (χ2v) is 3.44. The first-order valence-electron chi connectivity index (χ1n) is 5.06. The fourth-order valence-corrected chi connectivity index (χ4v) is 0.934. The van der Waals surface area contributed by atoms with Gasteiger partial charge in [0.25, 0.3) is 0 Å². The fourth-order valence-electron chi connectivity index (χ4n) is 0.934. The summed E-state index contributed by atoms with van der Waals surface area (Å²) in [7, 11) is 1.34. The van der Waals surface area contributed by atoms with Gasteiger partial charge >= 0.3 is 11.9 Å². The Morgan fingerprint density at radius 2 is 1.88 bits per heavy atom. The van der Waals surface area contributed by atoms with Crippen molar-refractivity contribution >= 4 is 11.9 Å². The molecule has 0 unspecified atom stereocenters. The quantitative estimate of drug-likeness (QED) is 0.395. The highest BCUT2D eigenvalue weighted by Crippen LogP contribution is 2.01. The van der Waals surface area contributed by atoms with Crippen LogP contribution in [-0.2, 0) is 19.1 Å². The number of hydrogen-bond acceptors (Lipinski definition) is 4.